The van der Waals surface area contributed by atoms with Crippen LogP contribution in [-0.4, -0.2) is 64.6 Å². The van der Waals surface area contributed by atoms with Crippen LogP contribution in [0.4, 0.5) is 0 Å². The predicted octanol–water partition coefficient (Wildman–Crippen LogP) is 1.65. The van der Waals surface area contributed by atoms with E-state index in [0.29, 0.717) is 35.4 Å². The van der Waals surface area contributed by atoms with Crippen LogP contribution >= 0.6 is 0 Å². The summed E-state index contributed by atoms with van der Waals surface area (Å²) in [7, 11) is -3.56. The van der Waals surface area contributed by atoms with Gasteiger partial charge in [-0.05, 0) is 37.5 Å². The lowest BCUT2D eigenvalue weighted by Gasteiger charge is -2.33. The molecule has 5 rings (SSSR count). The Morgan fingerprint density at radius 1 is 1.07 bits per heavy atom. The molecule has 0 atom stereocenters. The van der Waals surface area contributed by atoms with Gasteiger partial charge in [-0.1, -0.05) is 17.3 Å². The average molecular weight is 430 g/mol. The van der Waals surface area contributed by atoms with E-state index in [9.17, 15) is 13.2 Å². The Morgan fingerprint density at radius 2 is 1.87 bits per heavy atom. The number of rotatable bonds is 4. The van der Waals surface area contributed by atoms with Crippen LogP contribution < -0.4 is 0 Å². The summed E-state index contributed by atoms with van der Waals surface area (Å²) in [5.74, 6) is -0.345. The first-order valence-corrected chi connectivity index (χ1v) is 11.8. The number of fused-ring (bicyclic) bond motifs is 2. The molecule has 158 valence electrons. The van der Waals surface area contributed by atoms with E-state index in [1.807, 2.05) is 22.9 Å². The summed E-state index contributed by atoms with van der Waals surface area (Å²) < 4.78 is 34.4. The van der Waals surface area contributed by atoms with Crippen molar-refractivity contribution in [3.05, 3.63) is 47.4 Å². The number of para-hydroxylation sites is 1. The number of aromatic nitrogens is 3. The zero-order chi connectivity index (χ0) is 20.7. The molecule has 0 bridgehead atoms. The van der Waals surface area contributed by atoms with E-state index in [0.717, 1.165) is 31.5 Å². The van der Waals surface area contributed by atoms with E-state index in [4.69, 9.17) is 4.52 Å². The molecule has 2 aliphatic heterocycles. The normalized spacial score (nSPS) is 17.9. The largest absolute Gasteiger partial charge is 0.356 e. The summed E-state index contributed by atoms with van der Waals surface area (Å²) >= 11 is 0. The zero-order valence-electron chi connectivity index (χ0n) is 16.5. The van der Waals surface area contributed by atoms with Gasteiger partial charge >= 0.3 is 0 Å². The van der Waals surface area contributed by atoms with Crippen LogP contribution in [0.2, 0.25) is 0 Å². The molecule has 1 fully saturated rings. The molecule has 30 heavy (non-hydrogen) atoms. The molecule has 0 N–H and O–H groups in total. The third-order valence-corrected chi connectivity index (χ3v) is 7.62. The van der Waals surface area contributed by atoms with Crippen LogP contribution in [0.3, 0.4) is 0 Å². The minimum absolute atomic E-state index is 0.128. The minimum atomic E-state index is -3.56. The highest BCUT2D eigenvalue weighted by molar-refractivity contribution is 7.88. The van der Waals surface area contributed by atoms with Crippen LogP contribution in [0.5, 0.6) is 0 Å². The molecule has 4 heterocycles. The Kier molecular flexibility index (Phi) is 4.82. The minimum Gasteiger partial charge on any atom is -0.356 e. The number of hydrogen-bond acceptors (Lipinski definition) is 6. The summed E-state index contributed by atoms with van der Waals surface area (Å²) in [4.78, 5) is 14.5. The van der Waals surface area contributed by atoms with Crippen molar-refractivity contribution in [1.29, 1.82) is 0 Å². The molecule has 9 nitrogen and oxygen atoms in total. The molecule has 3 aromatic rings. The monoisotopic (exact) mass is 429 g/mol. The molecule has 2 aliphatic rings. The first-order valence-electron chi connectivity index (χ1n) is 10.2. The molecular weight excluding hydrogens is 406 g/mol. The first-order chi connectivity index (χ1) is 14.5. The number of aryl methyl sites for hydroxylation is 2. The fourth-order valence-electron chi connectivity index (χ4n) is 4.16. The van der Waals surface area contributed by atoms with Crippen molar-refractivity contribution < 1.29 is 17.7 Å². The van der Waals surface area contributed by atoms with Gasteiger partial charge in [0.25, 0.3) is 5.91 Å². The van der Waals surface area contributed by atoms with Gasteiger partial charge in [0, 0.05) is 43.8 Å². The van der Waals surface area contributed by atoms with Crippen LogP contribution in [-0.2, 0) is 28.7 Å². The molecule has 1 aromatic carbocycles. The van der Waals surface area contributed by atoms with E-state index in [1.165, 1.54) is 4.31 Å². The number of piperazine rings is 1. The maximum absolute atomic E-state index is 12.9. The van der Waals surface area contributed by atoms with Crippen LogP contribution in [0, 0.1) is 0 Å². The standard InChI is InChI=1S/C20H23N5O4S/c26-20(17-13-15-5-3-4-8-25(15)21-17)23-9-11-24(12-10-23)30(27,28)14-18-16-6-1-2-7-19(16)29-22-18/h1-2,6-7,13H,3-5,8-12,14H2. The van der Waals surface area contributed by atoms with E-state index in [2.05, 4.69) is 10.3 Å². The Hall–Kier alpha value is -2.72. The van der Waals surface area contributed by atoms with Crippen LogP contribution in [0.1, 0.15) is 34.7 Å². The van der Waals surface area contributed by atoms with Gasteiger partial charge in [0.05, 0.1) is 0 Å². The maximum Gasteiger partial charge on any atom is 0.274 e. The van der Waals surface area contributed by atoms with Gasteiger partial charge in [-0.3, -0.25) is 9.48 Å². The molecule has 0 saturated carbocycles. The van der Waals surface area contributed by atoms with Crippen LogP contribution in [0.25, 0.3) is 11.0 Å². The number of amides is 1. The zero-order valence-corrected chi connectivity index (χ0v) is 17.3. The van der Waals surface area contributed by atoms with Gasteiger partial charge in [0.15, 0.2) is 11.3 Å². The van der Waals surface area contributed by atoms with E-state index in [1.54, 1.807) is 17.0 Å². The molecule has 0 unspecified atom stereocenters. The summed E-state index contributed by atoms with van der Waals surface area (Å²) in [6.07, 6.45) is 3.15. The molecule has 0 radical (unpaired) electrons. The third-order valence-electron chi connectivity index (χ3n) is 5.83. The van der Waals surface area contributed by atoms with E-state index >= 15 is 0 Å². The Bertz CT molecular complexity index is 1170. The van der Waals surface area contributed by atoms with Gasteiger partial charge in [0.1, 0.15) is 11.4 Å². The van der Waals surface area contributed by atoms with E-state index < -0.39 is 10.0 Å². The highest BCUT2D eigenvalue weighted by Crippen LogP contribution is 2.22. The molecule has 0 spiro atoms. The lowest BCUT2D eigenvalue weighted by atomic mass is 10.1. The predicted molar refractivity (Wildman–Crippen MR) is 109 cm³/mol. The highest BCUT2D eigenvalue weighted by Gasteiger charge is 2.31. The van der Waals surface area contributed by atoms with Crippen molar-refractivity contribution in [2.24, 2.45) is 0 Å². The molecule has 1 amide bonds. The quantitative estimate of drug-likeness (QED) is 0.625. The summed E-state index contributed by atoms with van der Waals surface area (Å²) in [5.41, 5.74) is 2.54. The van der Waals surface area contributed by atoms with Gasteiger partial charge in [0.2, 0.25) is 10.0 Å². The van der Waals surface area contributed by atoms with Crippen molar-refractivity contribution in [2.75, 3.05) is 26.2 Å². The summed E-state index contributed by atoms with van der Waals surface area (Å²) in [6, 6.07) is 9.08. The van der Waals surface area contributed by atoms with Gasteiger partial charge in [-0.25, -0.2) is 8.42 Å². The van der Waals surface area contributed by atoms with Crippen molar-refractivity contribution in [3.63, 3.8) is 0 Å². The lowest BCUT2D eigenvalue weighted by molar-refractivity contribution is 0.0691. The second-order valence-electron chi connectivity index (χ2n) is 7.77. The number of hydrogen-bond donors (Lipinski definition) is 0. The molecule has 0 aliphatic carbocycles. The molecule has 1 saturated heterocycles. The van der Waals surface area contributed by atoms with Gasteiger partial charge < -0.3 is 9.42 Å². The highest BCUT2D eigenvalue weighted by atomic mass is 32.2. The van der Waals surface area contributed by atoms with Gasteiger partial charge in [-0.2, -0.15) is 9.40 Å². The fourth-order valence-corrected chi connectivity index (χ4v) is 5.62. The SMILES string of the molecule is O=C(c1cc2n(n1)CCCC2)N1CCN(S(=O)(=O)Cc2noc3ccccc23)CC1. The number of nitrogens with zero attached hydrogens (tertiary/aromatic N) is 5. The smallest absolute Gasteiger partial charge is 0.274 e. The van der Waals surface area contributed by atoms with Crippen molar-refractivity contribution in [2.45, 2.75) is 31.6 Å². The number of carbonyl (C=O) groups excluding carboxylic acids is 1. The van der Waals surface area contributed by atoms with Crippen LogP contribution in [0.15, 0.2) is 34.9 Å². The Labute approximate surface area is 174 Å². The average Bonchev–Trinajstić information content (AvgIpc) is 3.37. The molecule has 2 aromatic heterocycles. The molecular formula is C20H23N5O4S. The Balaban J connectivity index is 1.25. The van der Waals surface area contributed by atoms with Gasteiger partial charge in [-0.15, -0.1) is 0 Å². The number of benzene rings is 1. The second-order valence-corrected chi connectivity index (χ2v) is 9.74. The van der Waals surface area contributed by atoms with Crippen molar-refractivity contribution in [1.82, 2.24) is 24.1 Å². The fraction of sp³-hybridized carbons (Fsp3) is 0.450. The number of sulfonamides is 1. The second kappa shape index (κ2) is 7.51. The number of carbonyl (C=O) groups is 1. The van der Waals surface area contributed by atoms with Crippen molar-refractivity contribution in [3.8, 4) is 0 Å². The lowest BCUT2D eigenvalue weighted by Crippen LogP contribution is -2.50. The summed E-state index contributed by atoms with van der Waals surface area (Å²) in [5, 5.41) is 9.09. The maximum atomic E-state index is 12.9. The molecule has 10 heteroatoms. The van der Waals surface area contributed by atoms with Crippen molar-refractivity contribution >= 4 is 26.9 Å². The topological polar surface area (TPSA) is 102 Å². The third kappa shape index (κ3) is 3.50. The first kappa shape index (κ1) is 19.3. The summed E-state index contributed by atoms with van der Waals surface area (Å²) in [6.45, 7) is 2.07. The Morgan fingerprint density at radius 3 is 2.67 bits per heavy atom. The van der Waals surface area contributed by atoms with E-state index in [-0.39, 0.29) is 24.7 Å².